The lowest BCUT2D eigenvalue weighted by atomic mass is 10.2. The summed E-state index contributed by atoms with van der Waals surface area (Å²) in [7, 11) is 0. The lowest BCUT2D eigenvalue weighted by Crippen LogP contribution is -2.40. The van der Waals surface area contributed by atoms with E-state index in [0.29, 0.717) is 25.6 Å². The fraction of sp³-hybridized carbons (Fsp3) is 0.278. The Hall–Kier alpha value is -2.03. The van der Waals surface area contributed by atoms with Gasteiger partial charge in [-0.05, 0) is 51.8 Å². The number of non-ortho nitro benzene ring substituents is 1. The van der Waals surface area contributed by atoms with Gasteiger partial charge in [0.2, 0.25) is 0 Å². The molecular weight excluding hydrogens is 420 g/mol. The third-order valence-electron chi connectivity index (χ3n) is 4.02. The van der Waals surface area contributed by atoms with E-state index < -0.39 is 4.92 Å². The van der Waals surface area contributed by atoms with Crippen molar-refractivity contribution in [1.82, 2.24) is 4.90 Å². The van der Waals surface area contributed by atoms with Crippen LogP contribution in [0.4, 0.5) is 5.69 Å². The van der Waals surface area contributed by atoms with Gasteiger partial charge in [0.15, 0.2) is 0 Å². The number of nitro benzene ring substituents is 1. The Kier molecular flexibility index (Phi) is 6.18. The minimum absolute atomic E-state index is 0.0657. The second kappa shape index (κ2) is 8.57. The van der Waals surface area contributed by atoms with E-state index >= 15 is 0 Å². The summed E-state index contributed by atoms with van der Waals surface area (Å²) >= 11 is 9.10. The highest BCUT2D eigenvalue weighted by Gasteiger charge is 2.16. The number of nitrogens with zero attached hydrogens (tertiary/aromatic N) is 2. The predicted molar refractivity (Wildman–Crippen MR) is 106 cm³/mol. The number of rotatable bonds is 5. The van der Waals surface area contributed by atoms with Gasteiger partial charge in [0.05, 0.1) is 22.6 Å². The first-order valence-electron chi connectivity index (χ1n) is 8.07. The van der Waals surface area contributed by atoms with Crippen molar-refractivity contribution in [3.8, 4) is 5.75 Å². The molecule has 8 heteroatoms. The molecule has 0 N–H and O–H groups in total. The van der Waals surface area contributed by atoms with E-state index in [1.807, 2.05) is 18.2 Å². The van der Waals surface area contributed by atoms with Crippen LogP contribution in [0.1, 0.15) is 11.1 Å². The van der Waals surface area contributed by atoms with Gasteiger partial charge in [-0.15, -0.1) is 0 Å². The zero-order valence-electron chi connectivity index (χ0n) is 13.9. The minimum Gasteiger partial charge on any atom is -0.488 e. The molecule has 2 aromatic carbocycles. The molecule has 0 amide bonds. The van der Waals surface area contributed by atoms with Gasteiger partial charge in [0, 0.05) is 30.8 Å². The highest BCUT2D eigenvalue weighted by molar-refractivity contribution is 9.10. The summed E-state index contributed by atoms with van der Waals surface area (Å²) in [6.45, 7) is 3.31. The van der Waals surface area contributed by atoms with Crippen LogP contribution in [0.15, 0.2) is 46.9 Å². The molecule has 0 spiro atoms. The Morgan fingerprint density at radius 3 is 2.54 bits per heavy atom. The summed E-state index contributed by atoms with van der Waals surface area (Å²) < 4.78 is 12.0. The van der Waals surface area contributed by atoms with Gasteiger partial charge in [0.25, 0.3) is 5.69 Å². The Bertz CT molecular complexity index is 807. The van der Waals surface area contributed by atoms with Crippen LogP contribution in [0.5, 0.6) is 5.75 Å². The first-order valence-corrected chi connectivity index (χ1v) is 9.27. The fourth-order valence-corrected chi connectivity index (χ4v) is 3.38. The Labute approximate surface area is 165 Å². The number of ether oxygens (including phenoxy) is 2. The van der Waals surface area contributed by atoms with Crippen molar-refractivity contribution in [1.29, 1.82) is 0 Å². The number of thiocarbonyl (C=S) groups is 1. The van der Waals surface area contributed by atoms with E-state index in [9.17, 15) is 10.1 Å². The number of hydrogen-bond donors (Lipinski definition) is 0. The molecule has 1 aliphatic rings. The van der Waals surface area contributed by atoms with Gasteiger partial charge in [-0.25, -0.2) is 0 Å². The van der Waals surface area contributed by atoms with Crippen LogP contribution in [-0.2, 0) is 11.3 Å². The van der Waals surface area contributed by atoms with Gasteiger partial charge < -0.3 is 14.4 Å². The normalized spacial score (nSPS) is 14.1. The molecular formula is C18H17BrN2O4S. The smallest absolute Gasteiger partial charge is 0.269 e. The zero-order valence-corrected chi connectivity index (χ0v) is 16.3. The molecule has 0 radical (unpaired) electrons. The largest absolute Gasteiger partial charge is 0.488 e. The summed E-state index contributed by atoms with van der Waals surface area (Å²) in [6, 6.07) is 12.1. The lowest BCUT2D eigenvalue weighted by molar-refractivity contribution is -0.384. The summed E-state index contributed by atoms with van der Waals surface area (Å²) in [5, 5.41) is 10.7. The van der Waals surface area contributed by atoms with Crippen molar-refractivity contribution in [3.63, 3.8) is 0 Å². The summed E-state index contributed by atoms with van der Waals surface area (Å²) in [5.74, 6) is 0.692. The molecule has 2 aromatic rings. The average molecular weight is 437 g/mol. The van der Waals surface area contributed by atoms with Crippen LogP contribution in [0.3, 0.4) is 0 Å². The highest BCUT2D eigenvalue weighted by atomic mass is 79.9. The number of nitro groups is 1. The van der Waals surface area contributed by atoms with Crippen molar-refractivity contribution in [3.05, 3.63) is 68.2 Å². The van der Waals surface area contributed by atoms with Gasteiger partial charge in [-0.1, -0.05) is 12.2 Å². The average Bonchev–Trinajstić information content (AvgIpc) is 2.67. The van der Waals surface area contributed by atoms with E-state index in [4.69, 9.17) is 21.7 Å². The van der Waals surface area contributed by atoms with E-state index in [-0.39, 0.29) is 5.69 Å². The second-order valence-corrected chi connectivity index (χ2v) is 7.00. The van der Waals surface area contributed by atoms with E-state index in [1.54, 1.807) is 12.1 Å². The van der Waals surface area contributed by atoms with Crippen molar-refractivity contribution >= 4 is 38.8 Å². The molecule has 136 valence electrons. The van der Waals surface area contributed by atoms with E-state index in [1.165, 1.54) is 12.1 Å². The SMILES string of the molecule is O=[N+]([O-])c1ccc(COc2ccc(C(=S)N3CCOCC3)cc2Br)cc1. The van der Waals surface area contributed by atoms with Crippen LogP contribution < -0.4 is 4.74 Å². The molecule has 0 aliphatic carbocycles. The monoisotopic (exact) mass is 436 g/mol. The predicted octanol–water partition coefficient (Wildman–Crippen LogP) is 3.94. The van der Waals surface area contributed by atoms with Crippen molar-refractivity contribution in [2.45, 2.75) is 6.61 Å². The first kappa shape index (κ1) is 18.8. The van der Waals surface area contributed by atoms with E-state index in [2.05, 4.69) is 20.8 Å². The van der Waals surface area contributed by atoms with Crippen LogP contribution in [0.2, 0.25) is 0 Å². The highest BCUT2D eigenvalue weighted by Crippen LogP contribution is 2.28. The summed E-state index contributed by atoms with van der Waals surface area (Å²) in [6.07, 6.45) is 0. The molecule has 1 heterocycles. The third-order valence-corrected chi connectivity index (χ3v) is 5.13. The van der Waals surface area contributed by atoms with Gasteiger partial charge in [-0.3, -0.25) is 10.1 Å². The van der Waals surface area contributed by atoms with Crippen molar-refractivity contribution in [2.24, 2.45) is 0 Å². The number of halogens is 1. The summed E-state index contributed by atoms with van der Waals surface area (Å²) in [5.41, 5.74) is 1.88. The Balaban J connectivity index is 1.63. The minimum atomic E-state index is -0.419. The topological polar surface area (TPSA) is 64.8 Å². The standard InChI is InChI=1S/C18H17BrN2O4S/c19-16-11-14(18(26)20-7-9-24-10-8-20)3-6-17(16)25-12-13-1-4-15(5-2-13)21(22)23/h1-6,11H,7-10,12H2. The molecule has 1 saturated heterocycles. The van der Waals surface area contributed by atoms with Crippen LogP contribution in [0.25, 0.3) is 0 Å². The van der Waals surface area contributed by atoms with Crippen LogP contribution >= 0.6 is 28.1 Å². The molecule has 0 unspecified atom stereocenters. The molecule has 0 atom stereocenters. The summed E-state index contributed by atoms with van der Waals surface area (Å²) in [4.78, 5) is 13.2. The van der Waals surface area contributed by atoms with Crippen LogP contribution in [0, 0.1) is 10.1 Å². The first-order chi connectivity index (χ1) is 12.5. The van der Waals surface area contributed by atoms with Crippen LogP contribution in [-0.4, -0.2) is 41.1 Å². The Morgan fingerprint density at radius 2 is 1.92 bits per heavy atom. The maximum absolute atomic E-state index is 10.7. The maximum atomic E-state index is 10.7. The molecule has 0 aromatic heterocycles. The van der Waals surface area contributed by atoms with Gasteiger partial charge in [-0.2, -0.15) is 0 Å². The van der Waals surface area contributed by atoms with Gasteiger partial charge >= 0.3 is 0 Å². The molecule has 0 bridgehead atoms. The lowest BCUT2D eigenvalue weighted by Gasteiger charge is -2.29. The number of hydrogen-bond acceptors (Lipinski definition) is 5. The molecule has 3 rings (SSSR count). The number of benzene rings is 2. The third kappa shape index (κ3) is 4.57. The quantitative estimate of drug-likeness (QED) is 0.401. The van der Waals surface area contributed by atoms with Gasteiger partial charge in [0.1, 0.15) is 17.3 Å². The maximum Gasteiger partial charge on any atom is 0.269 e. The zero-order chi connectivity index (χ0) is 18.5. The molecule has 1 fully saturated rings. The van der Waals surface area contributed by atoms with Crippen molar-refractivity contribution in [2.75, 3.05) is 26.3 Å². The molecule has 6 nitrogen and oxygen atoms in total. The second-order valence-electron chi connectivity index (χ2n) is 5.76. The Morgan fingerprint density at radius 1 is 1.23 bits per heavy atom. The number of morpholine rings is 1. The fourth-order valence-electron chi connectivity index (χ4n) is 2.57. The van der Waals surface area contributed by atoms with E-state index in [0.717, 1.165) is 33.7 Å². The molecule has 26 heavy (non-hydrogen) atoms. The molecule has 0 saturated carbocycles. The molecule has 1 aliphatic heterocycles. The van der Waals surface area contributed by atoms with Crippen molar-refractivity contribution < 1.29 is 14.4 Å².